The van der Waals surface area contributed by atoms with E-state index in [1.807, 2.05) is 0 Å². The molecule has 0 N–H and O–H groups in total. The fourth-order valence-corrected chi connectivity index (χ4v) is 16.0. The average Bonchev–Trinajstić information content (AvgIpc) is 3.91. The average molecular weight is 785 g/mol. The van der Waals surface area contributed by atoms with Crippen molar-refractivity contribution in [3.05, 3.63) is 223 Å². The first kappa shape index (κ1) is 35.0. The molecule has 2 aliphatic carbocycles. The molecule has 2 aliphatic rings. The second-order valence-electron chi connectivity index (χ2n) is 17.1. The van der Waals surface area contributed by atoms with Crippen molar-refractivity contribution < 1.29 is 0 Å². The molecule has 0 spiro atoms. The number of allylic oxidation sites excluding steroid dienone is 1. The highest BCUT2D eigenvalue weighted by atomic mass is 28.3. The van der Waals surface area contributed by atoms with Crippen molar-refractivity contribution in [3.63, 3.8) is 0 Å². The van der Waals surface area contributed by atoms with Crippen molar-refractivity contribution >= 4 is 67.6 Å². The van der Waals surface area contributed by atoms with Crippen LogP contribution in [0.1, 0.15) is 42.7 Å². The lowest BCUT2D eigenvalue weighted by Gasteiger charge is -2.35. The Morgan fingerprint density at radius 2 is 1.10 bits per heavy atom. The van der Waals surface area contributed by atoms with E-state index < -0.39 is 8.07 Å². The molecule has 286 valence electrons. The summed E-state index contributed by atoms with van der Waals surface area (Å²) >= 11 is 0. The standard InChI is InChI=1S/C57H44N2Si/c1-57(2)51-30-15-12-27-45(51)48-34-35-49-46-28-13-17-32-53(46)59(56(49)55(48)57)40-21-18-26-43(37-40)60(41-22-8-4-9-23-41,42-24-10-5-11-25-42)44-33-36-54-50(38-44)47-29-14-16-31-52(47)58(54)39-19-6-3-7-20-39/h3-16,18-31,33-38H,17,32H2,1-2H3. The third-order valence-corrected chi connectivity index (χ3v) is 18.4. The van der Waals surface area contributed by atoms with Gasteiger partial charge in [0.2, 0.25) is 0 Å². The SMILES string of the molecule is CC1(C)c2ccccc2-c2ccc3c4c(n(-c5cccc([Si](c6ccccc6)(c6ccccc6)c6ccc7c(c6)c6ccccc6n7-c6ccccc6)c5)c3c21)CCC=C4. The Balaban J connectivity index is 1.17. The second kappa shape index (κ2) is 13.3. The molecule has 0 atom stereocenters. The number of rotatable bonds is 6. The lowest BCUT2D eigenvalue weighted by atomic mass is 9.81. The minimum Gasteiger partial charge on any atom is -0.313 e. The van der Waals surface area contributed by atoms with Gasteiger partial charge in [0.25, 0.3) is 0 Å². The van der Waals surface area contributed by atoms with E-state index in [2.05, 4.69) is 229 Å². The molecule has 0 unspecified atom stereocenters. The summed E-state index contributed by atoms with van der Waals surface area (Å²) in [5.41, 5.74) is 14.4. The summed E-state index contributed by atoms with van der Waals surface area (Å²) in [5.74, 6) is 0. The van der Waals surface area contributed by atoms with Gasteiger partial charge in [-0.15, -0.1) is 0 Å². The number of para-hydroxylation sites is 2. The molecule has 0 aliphatic heterocycles. The third kappa shape index (κ3) is 4.87. The van der Waals surface area contributed by atoms with Gasteiger partial charge in [0.15, 0.2) is 8.07 Å². The predicted octanol–water partition coefficient (Wildman–Crippen LogP) is 11.4. The van der Waals surface area contributed by atoms with Gasteiger partial charge in [-0.2, -0.15) is 0 Å². The summed E-state index contributed by atoms with van der Waals surface area (Å²) in [7, 11) is -2.96. The topological polar surface area (TPSA) is 9.86 Å². The van der Waals surface area contributed by atoms with Crippen molar-refractivity contribution in [1.82, 2.24) is 9.13 Å². The molecule has 2 nitrogen and oxygen atoms in total. The van der Waals surface area contributed by atoms with Crippen LogP contribution in [0.5, 0.6) is 0 Å². The van der Waals surface area contributed by atoms with Gasteiger partial charge in [0, 0.05) is 44.2 Å². The maximum absolute atomic E-state index is 2.96. The normalized spacial score (nSPS) is 14.1. The first-order valence-electron chi connectivity index (χ1n) is 21.3. The molecule has 0 saturated heterocycles. The fraction of sp³-hybridized carbons (Fsp3) is 0.0877. The molecular formula is C57H44N2Si. The smallest absolute Gasteiger partial charge is 0.179 e. The minimum absolute atomic E-state index is 0.146. The van der Waals surface area contributed by atoms with Crippen LogP contribution < -0.4 is 20.7 Å². The Kier molecular flexibility index (Phi) is 7.76. The Hall–Kier alpha value is -6.94. The van der Waals surface area contributed by atoms with E-state index in [-0.39, 0.29) is 5.41 Å². The van der Waals surface area contributed by atoms with Crippen LogP contribution in [-0.2, 0) is 11.8 Å². The van der Waals surface area contributed by atoms with Gasteiger partial charge in [0.05, 0.1) is 16.6 Å². The predicted molar refractivity (Wildman–Crippen MR) is 256 cm³/mol. The van der Waals surface area contributed by atoms with E-state index in [0.29, 0.717) is 0 Å². The number of benzene rings is 8. The molecule has 2 heterocycles. The molecule has 8 aromatic carbocycles. The number of hydrogen-bond acceptors (Lipinski definition) is 0. The Bertz CT molecular complexity index is 3290. The summed E-state index contributed by atoms with van der Waals surface area (Å²) in [6, 6.07) is 73.4. The summed E-state index contributed by atoms with van der Waals surface area (Å²) in [5, 5.41) is 9.40. The maximum Gasteiger partial charge on any atom is 0.179 e. The van der Waals surface area contributed by atoms with Gasteiger partial charge in [-0.05, 0) is 92.2 Å². The molecule has 12 rings (SSSR count). The van der Waals surface area contributed by atoms with E-state index in [4.69, 9.17) is 0 Å². The van der Waals surface area contributed by atoms with Gasteiger partial charge in [-0.3, -0.25) is 0 Å². The molecular weight excluding hydrogens is 741 g/mol. The highest BCUT2D eigenvalue weighted by Crippen LogP contribution is 2.53. The zero-order valence-corrected chi connectivity index (χ0v) is 34.9. The van der Waals surface area contributed by atoms with E-state index in [0.717, 1.165) is 12.8 Å². The second-order valence-corrected chi connectivity index (χ2v) is 21.0. The van der Waals surface area contributed by atoms with Gasteiger partial charge >= 0.3 is 0 Å². The fourth-order valence-electron chi connectivity index (χ4n) is 11.2. The Morgan fingerprint density at radius 3 is 1.88 bits per heavy atom. The molecule has 2 aromatic heterocycles. The van der Waals surface area contributed by atoms with Crippen LogP contribution in [0.15, 0.2) is 200 Å². The Morgan fingerprint density at radius 1 is 0.467 bits per heavy atom. The summed E-state index contributed by atoms with van der Waals surface area (Å²) in [4.78, 5) is 0. The molecule has 0 radical (unpaired) electrons. The van der Waals surface area contributed by atoms with Gasteiger partial charge in [-0.25, -0.2) is 0 Å². The van der Waals surface area contributed by atoms with Crippen LogP contribution in [-0.4, -0.2) is 17.2 Å². The first-order valence-corrected chi connectivity index (χ1v) is 23.3. The van der Waals surface area contributed by atoms with Gasteiger partial charge in [-0.1, -0.05) is 184 Å². The molecule has 3 heteroatoms. The molecule has 0 bridgehead atoms. The first-order chi connectivity index (χ1) is 29.5. The summed E-state index contributed by atoms with van der Waals surface area (Å²) in [6.07, 6.45) is 6.80. The van der Waals surface area contributed by atoms with E-state index in [9.17, 15) is 0 Å². The molecule has 0 saturated carbocycles. The minimum atomic E-state index is -2.96. The van der Waals surface area contributed by atoms with E-state index in [1.54, 1.807) is 0 Å². The quantitative estimate of drug-likeness (QED) is 0.117. The zero-order chi connectivity index (χ0) is 40.0. The van der Waals surface area contributed by atoms with E-state index >= 15 is 0 Å². The number of fused-ring (bicyclic) bond motifs is 10. The summed E-state index contributed by atoms with van der Waals surface area (Å²) in [6.45, 7) is 4.85. The third-order valence-electron chi connectivity index (χ3n) is 13.7. The lowest BCUT2D eigenvalue weighted by Crippen LogP contribution is -2.74. The van der Waals surface area contributed by atoms with Crippen LogP contribution in [0.3, 0.4) is 0 Å². The van der Waals surface area contributed by atoms with Crippen LogP contribution in [0.2, 0.25) is 0 Å². The summed E-state index contributed by atoms with van der Waals surface area (Å²) < 4.78 is 5.09. The monoisotopic (exact) mass is 784 g/mol. The van der Waals surface area contributed by atoms with Gasteiger partial charge < -0.3 is 9.13 Å². The van der Waals surface area contributed by atoms with Crippen LogP contribution in [0, 0.1) is 0 Å². The molecule has 10 aromatic rings. The number of aromatic nitrogens is 2. The van der Waals surface area contributed by atoms with E-state index in [1.165, 1.54) is 98.3 Å². The molecule has 60 heavy (non-hydrogen) atoms. The van der Waals surface area contributed by atoms with Crippen LogP contribution in [0.25, 0.3) is 61.3 Å². The highest BCUT2D eigenvalue weighted by Gasteiger charge is 2.43. The van der Waals surface area contributed by atoms with Crippen LogP contribution in [0.4, 0.5) is 0 Å². The largest absolute Gasteiger partial charge is 0.313 e. The number of nitrogens with zero attached hydrogens (tertiary/aromatic N) is 2. The van der Waals surface area contributed by atoms with Crippen molar-refractivity contribution in [2.45, 2.75) is 32.1 Å². The highest BCUT2D eigenvalue weighted by molar-refractivity contribution is 7.20. The van der Waals surface area contributed by atoms with Crippen molar-refractivity contribution in [2.24, 2.45) is 0 Å². The molecule has 0 amide bonds. The van der Waals surface area contributed by atoms with Crippen LogP contribution >= 0.6 is 0 Å². The van der Waals surface area contributed by atoms with Crippen molar-refractivity contribution in [1.29, 1.82) is 0 Å². The lowest BCUT2D eigenvalue weighted by molar-refractivity contribution is 0.663. The zero-order valence-electron chi connectivity index (χ0n) is 33.9. The number of hydrogen-bond donors (Lipinski definition) is 0. The Labute approximate surface area is 352 Å². The van der Waals surface area contributed by atoms with Crippen molar-refractivity contribution in [2.75, 3.05) is 0 Å². The maximum atomic E-state index is 2.66. The van der Waals surface area contributed by atoms with Gasteiger partial charge in [0.1, 0.15) is 0 Å². The van der Waals surface area contributed by atoms with Crippen molar-refractivity contribution in [3.8, 4) is 22.5 Å². The molecule has 0 fully saturated rings.